The zero-order valence-corrected chi connectivity index (χ0v) is 21.3. The summed E-state index contributed by atoms with van der Waals surface area (Å²) in [5.41, 5.74) is 2.52. The van der Waals surface area contributed by atoms with E-state index in [0.717, 1.165) is 48.9 Å². The number of nitrogens with one attached hydrogen (secondary N) is 1. The van der Waals surface area contributed by atoms with E-state index in [1.54, 1.807) is 19.2 Å². The number of amides is 1. The highest BCUT2D eigenvalue weighted by Crippen LogP contribution is 2.82. The Hall–Kier alpha value is -3.22. The van der Waals surface area contributed by atoms with Gasteiger partial charge in [-0.25, -0.2) is 9.18 Å². The van der Waals surface area contributed by atoms with Gasteiger partial charge in [-0.2, -0.15) is 0 Å². The first-order valence-corrected chi connectivity index (χ1v) is 13.4. The number of rotatable bonds is 5. The molecule has 3 aliphatic carbocycles. The van der Waals surface area contributed by atoms with Crippen LogP contribution in [-0.2, 0) is 14.3 Å². The molecule has 7 atom stereocenters. The zero-order valence-electron chi connectivity index (χ0n) is 21.3. The molecule has 0 radical (unpaired) electrons. The minimum atomic E-state index is -0.360. The van der Waals surface area contributed by atoms with Crippen molar-refractivity contribution < 1.29 is 23.5 Å². The lowest BCUT2D eigenvalue weighted by Gasteiger charge is -2.47. The minimum absolute atomic E-state index is 0.0698. The Morgan fingerprint density at radius 3 is 2.89 bits per heavy atom. The Morgan fingerprint density at radius 1 is 1.27 bits per heavy atom. The number of fused-ring (bicyclic) bond motifs is 2. The van der Waals surface area contributed by atoms with Gasteiger partial charge in [0, 0.05) is 29.1 Å². The number of halogens is 1. The number of pyridine rings is 1. The van der Waals surface area contributed by atoms with Crippen molar-refractivity contribution in [1.82, 2.24) is 10.3 Å². The van der Waals surface area contributed by atoms with E-state index in [1.807, 2.05) is 25.1 Å². The molecule has 1 N–H and O–H groups in total. The third kappa shape index (κ3) is 3.94. The van der Waals surface area contributed by atoms with Gasteiger partial charge in [0.25, 0.3) is 0 Å². The van der Waals surface area contributed by atoms with Crippen LogP contribution in [0.3, 0.4) is 0 Å². The molecule has 4 aliphatic rings. The summed E-state index contributed by atoms with van der Waals surface area (Å²) in [5, 5.41) is 3.03. The normalized spacial score (nSPS) is 35.8. The predicted octanol–water partition coefficient (Wildman–Crippen LogP) is 5.77. The van der Waals surface area contributed by atoms with E-state index in [9.17, 15) is 14.0 Å². The molecule has 6 nitrogen and oxygen atoms in total. The Kier molecular flexibility index (Phi) is 5.85. The third-order valence-electron chi connectivity index (χ3n) is 9.47. The maximum Gasteiger partial charge on any atom is 0.407 e. The summed E-state index contributed by atoms with van der Waals surface area (Å²) in [7, 11) is 0. The van der Waals surface area contributed by atoms with Crippen LogP contribution < -0.4 is 5.32 Å². The molecular weight excluding hydrogens is 471 g/mol. The lowest BCUT2D eigenvalue weighted by molar-refractivity contribution is -0.144. The van der Waals surface area contributed by atoms with Gasteiger partial charge in [0.15, 0.2) is 0 Å². The zero-order chi connectivity index (χ0) is 25.8. The van der Waals surface area contributed by atoms with E-state index in [2.05, 4.69) is 22.5 Å². The van der Waals surface area contributed by atoms with Crippen molar-refractivity contribution in [2.75, 3.05) is 6.61 Å². The molecular formula is C30H33FN2O4. The number of allylic oxidation sites excluding steroid dienone is 1. The highest BCUT2D eigenvalue weighted by Gasteiger charge is 2.78. The van der Waals surface area contributed by atoms with Crippen molar-refractivity contribution in [3.8, 4) is 11.1 Å². The first kappa shape index (κ1) is 24.1. The van der Waals surface area contributed by atoms with E-state index in [4.69, 9.17) is 9.47 Å². The Morgan fingerprint density at radius 2 is 2.14 bits per heavy atom. The van der Waals surface area contributed by atoms with Crippen molar-refractivity contribution in [2.24, 2.45) is 28.6 Å². The van der Waals surface area contributed by atoms with Crippen LogP contribution in [-0.4, -0.2) is 35.8 Å². The highest BCUT2D eigenvalue weighted by atomic mass is 19.1. The van der Waals surface area contributed by atoms with Crippen molar-refractivity contribution in [3.05, 3.63) is 60.2 Å². The molecule has 1 aliphatic heterocycles. The van der Waals surface area contributed by atoms with Gasteiger partial charge in [0.2, 0.25) is 0 Å². The number of cyclic esters (lactones) is 1. The van der Waals surface area contributed by atoms with Crippen LogP contribution in [0, 0.1) is 34.4 Å². The van der Waals surface area contributed by atoms with Gasteiger partial charge in [-0.15, -0.1) is 0 Å². The van der Waals surface area contributed by atoms with Crippen LogP contribution in [0.1, 0.15) is 51.6 Å². The quantitative estimate of drug-likeness (QED) is 0.523. The molecule has 0 bridgehead atoms. The van der Waals surface area contributed by atoms with Crippen LogP contribution >= 0.6 is 0 Å². The summed E-state index contributed by atoms with van der Waals surface area (Å²) in [5.74, 6) is 0.0539. The van der Waals surface area contributed by atoms with E-state index >= 15 is 0 Å². The standard InChI is InChI=1S/C30H33FN2O4/c1-3-36-28(35)33-24-10-11-29-17-30(29,26-18(2)37-27(34)25(26)15-21(29)14-24)12-9-23-8-7-20(16-32-23)19-5-4-6-22(31)13-19/h4-9,12-13,16,18,21,24-26H,3,10-11,14-15,17H2,1-2H3,(H,33,35)/b12-9+/t18-,21+,24-,25-,26-,29+,30?/m1/s1. The second-order valence-electron chi connectivity index (χ2n) is 11.2. The fourth-order valence-corrected chi connectivity index (χ4v) is 7.95. The summed E-state index contributed by atoms with van der Waals surface area (Å²) in [6.07, 6.45) is 10.3. The average molecular weight is 505 g/mol. The maximum absolute atomic E-state index is 13.6. The van der Waals surface area contributed by atoms with E-state index in [-0.39, 0.29) is 52.7 Å². The molecule has 1 spiro atoms. The lowest BCUT2D eigenvalue weighted by atomic mass is 9.57. The van der Waals surface area contributed by atoms with Crippen LogP contribution in [0.15, 0.2) is 48.7 Å². The molecule has 37 heavy (non-hydrogen) atoms. The van der Waals surface area contributed by atoms with Crippen LogP contribution in [0.4, 0.5) is 9.18 Å². The number of nitrogens with zero attached hydrogens (tertiary/aromatic N) is 1. The van der Waals surface area contributed by atoms with Crippen molar-refractivity contribution in [3.63, 3.8) is 0 Å². The fraction of sp³-hybridized carbons (Fsp3) is 0.500. The predicted molar refractivity (Wildman–Crippen MR) is 137 cm³/mol. The highest BCUT2D eigenvalue weighted by molar-refractivity contribution is 5.77. The Bertz CT molecular complexity index is 1250. The molecule has 1 amide bonds. The molecule has 1 unspecified atom stereocenters. The average Bonchev–Trinajstić information content (AvgIpc) is 3.46. The minimum Gasteiger partial charge on any atom is -0.462 e. The van der Waals surface area contributed by atoms with Gasteiger partial charge < -0.3 is 14.8 Å². The van der Waals surface area contributed by atoms with E-state index in [0.29, 0.717) is 12.5 Å². The van der Waals surface area contributed by atoms with Crippen molar-refractivity contribution in [2.45, 2.75) is 58.1 Å². The molecule has 1 aromatic heterocycles. The fourth-order valence-electron chi connectivity index (χ4n) is 7.95. The van der Waals surface area contributed by atoms with Gasteiger partial charge >= 0.3 is 12.1 Å². The summed E-state index contributed by atoms with van der Waals surface area (Å²) in [4.78, 5) is 29.5. The maximum atomic E-state index is 13.6. The number of hydrogen-bond donors (Lipinski definition) is 1. The van der Waals surface area contributed by atoms with Crippen LogP contribution in [0.5, 0.6) is 0 Å². The number of ether oxygens (including phenoxy) is 2. The number of carbonyl (C=O) groups excluding carboxylic acids is 2. The summed E-state index contributed by atoms with van der Waals surface area (Å²) < 4.78 is 24.5. The second kappa shape index (κ2) is 8.96. The molecule has 1 saturated heterocycles. The SMILES string of the molecule is CCOC(=O)N[C@@H]1CC[C@@]23CC2(/C=C/c2ccc(-c4cccc(F)c4)cn2)[C@@H]2[C@@H](C)OC(=O)[C@@H]2C[C@@H]3C1. The molecule has 7 heteroatoms. The number of aromatic nitrogens is 1. The van der Waals surface area contributed by atoms with Crippen molar-refractivity contribution >= 4 is 18.1 Å². The monoisotopic (exact) mass is 504 g/mol. The number of alkyl carbamates (subject to hydrolysis) is 1. The second-order valence-corrected chi connectivity index (χ2v) is 11.2. The van der Waals surface area contributed by atoms with Crippen molar-refractivity contribution in [1.29, 1.82) is 0 Å². The molecule has 6 rings (SSSR count). The van der Waals surface area contributed by atoms with Gasteiger partial charge in [-0.1, -0.05) is 24.3 Å². The van der Waals surface area contributed by atoms with Crippen LogP contribution in [0.2, 0.25) is 0 Å². The van der Waals surface area contributed by atoms with Gasteiger partial charge in [0.1, 0.15) is 11.9 Å². The summed E-state index contributed by atoms with van der Waals surface area (Å²) in [6.45, 7) is 4.19. The van der Waals surface area contributed by atoms with Gasteiger partial charge in [-0.3, -0.25) is 9.78 Å². The van der Waals surface area contributed by atoms with Crippen LogP contribution in [0.25, 0.3) is 17.2 Å². The molecule has 4 fully saturated rings. The molecule has 1 aromatic carbocycles. The Labute approximate surface area is 216 Å². The smallest absolute Gasteiger partial charge is 0.407 e. The Balaban J connectivity index is 1.26. The topological polar surface area (TPSA) is 77.5 Å². The summed E-state index contributed by atoms with van der Waals surface area (Å²) >= 11 is 0. The van der Waals surface area contributed by atoms with Gasteiger partial charge in [-0.05, 0) is 87.1 Å². The molecule has 2 aromatic rings. The number of hydrogen-bond acceptors (Lipinski definition) is 5. The van der Waals surface area contributed by atoms with E-state index in [1.165, 1.54) is 12.1 Å². The van der Waals surface area contributed by atoms with E-state index < -0.39 is 0 Å². The molecule has 3 saturated carbocycles. The van der Waals surface area contributed by atoms with Gasteiger partial charge in [0.05, 0.1) is 18.2 Å². The third-order valence-corrected chi connectivity index (χ3v) is 9.47. The first-order chi connectivity index (χ1) is 17.8. The number of carbonyl (C=O) groups is 2. The molecule has 2 heterocycles. The summed E-state index contributed by atoms with van der Waals surface area (Å²) in [6, 6.07) is 10.5. The number of benzene rings is 1. The lowest BCUT2D eigenvalue weighted by Crippen LogP contribution is -2.48. The first-order valence-electron chi connectivity index (χ1n) is 13.4. The largest absolute Gasteiger partial charge is 0.462 e. The molecule has 194 valence electrons. The number of esters is 1.